The Hall–Kier alpha value is -3.54. The number of alkyl halides is 5. The standard InChI is InChI=1S/C34H39F5N2O5/c1-3-46-28(43)19-41-30(44)40-16-4-5-20-6-8-21(9-7-20)26-18-31(2)27(14-15-32(31,45)33(35,36)34(37,38)39)25-12-10-22-17-23(42)11-13-24(22)29(25)26/h4-9,17,25-27,45H,3,10-16,18-19H2,1-2H3,(H2,40,41,44)/t25-,26+,27-,31-,32-/m0/s1. The van der Waals surface area contributed by atoms with Crippen molar-refractivity contribution >= 4 is 23.9 Å². The molecule has 1 aromatic rings. The van der Waals surface area contributed by atoms with E-state index in [1.165, 1.54) is 6.92 Å². The minimum atomic E-state index is -5.90. The first kappa shape index (κ1) is 33.8. The van der Waals surface area contributed by atoms with Crippen LogP contribution in [0.25, 0.3) is 6.08 Å². The van der Waals surface area contributed by atoms with Crippen LogP contribution in [-0.2, 0) is 14.3 Å². The molecule has 3 N–H and O–H groups in total. The zero-order valence-corrected chi connectivity index (χ0v) is 25.8. The largest absolute Gasteiger partial charge is 0.465 e. The summed E-state index contributed by atoms with van der Waals surface area (Å²) in [5.41, 5.74) is -0.527. The molecule has 2 amide bonds. The average molecular weight is 651 g/mol. The fourth-order valence-corrected chi connectivity index (χ4v) is 8.33. The molecule has 12 heteroatoms. The fourth-order valence-electron chi connectivity index (χ4n) is 8.33. The molecule has 0 saturated heterocycles. The van der Waals surface area contributed by atoms with Crippen LogP contribution in [0.2, 0.25) is 0 Å². The van der Waals surface area contributed by atoms with E-state index in [9.17, 15) is 32.7 Å². The van der Waals surface area contributed by atoms with E-state index >= 15 is 8.78 Å². The maximum absolute atomic E-state index is 15.2. The van der Waals surface area contributed by atoms with Crippen LogP contribution in [0.4, 0.5) is 26.7 Å². The second kappa shape index (κ2) is 12.6. The van der Waals surface area contributed by atoms with Crippen molar-refractivity contribution in [1.29, 1.82) is 0 Å². The third-order valence-corrected chi connectivity index (χ3v) is 10.5. The number of fused-ring (bicyclic) bond motifs is 4. The molecule has 0 unspecified atom stereocenters. The maximum atomic E-state index is 15.2. The second-order valence-corrected chi connectivity index (χ2v) is 12.9. The molecule has 0 heterocycles. The Morgan fingerprint density at radius 3 is 2.46 bits per heavy atom. The molecule has 250 valence electrons. The van der Waals surface area contributed by atoms with Crippen molar-refractivity contribution in [3.05, 3.63) is 64.3 Å². The molecule has 4 aliphatic carbocycles. The normalized spacial score (nSPS) is 29.5. The summed E-state index contributed by atoms with van der Waals surface area (Å²) in [5.74, 6) is -7.18. The maximum Gasteiger partial charge on any atom is 0.456 e. The SMILES string of the molecule is CCOC(=O)CNC(=O)NCC=Cc1ccc([C@H]2C[C@@]3(C)[C@@H](CC[C@@]3(O)C(F)(F)C(F)(F)F)[C@@H]3CCC4=CC(=O)CCC4=C32)cc1. The summed E-state index contributed by atoms with van der Waals surface area (Å²) >= 11 is 0. The number of allylic oxidation sites excluding steroid dienone is 4. The molecule has 0 radical (unpaired) electrons. The molecule has 5 atom stereocenters. The van der Waals surface area contributed by atoms with Crippen LogP contribution in [0.5, 0.6) is 0 Å². The van der Waals surface area contributed by atoms with Gasteiger partial charge in [0, 0.05) is 24.3 Å². The monoisotopic (exact) mass is 650 g/mol. The molecule has 0 aromatic heterocycles. The van der Waals surface area contributed by atoms with Gasteiger partial charge in [0.15, 0.2) is 5.78 Å². The molecule has 0 aliphatic heterocycles. The highest BCUT2D eigenvalue weighted by atomic mass is 19.4. The summed E-state index contributed by atoms with van der Waals surface area (Å²) in [6, 6.07) is 6.70. The molecule has 0 spiro atoms. The van der Waals surface area contributed by atoms with Crippen molar-refractivity contribution in [3.63, 3.8) is 0 Å². The van der Waals surface area contributed by atoms with Crippen molar-refractivity contribution in [1.82, 2.24) is 10.6 Å². The Labute approximate surface area is 264 Å². The lowest BCUT2D eigenvalue weighted by Crippen LogP contribution is -2.65. The Morgan fingerprint density at radius 1 is 1.07 bits per heavy atom. The Kier molecular flexibility index (Phi) is 9.24. The van der Waals surface area contributed by atoms with Crippen LogP contribution in [0.15, 0.2) is 53.1 Å². The summed E-state index contributed by atoms with van der Waals surface area (Å²) in [7, 11) is 0. The van der Waals surface area contributed by atoms with Gasteiger partial charge in [-0.15, -0.1) is 0 Å². The van der Waals surface area contributed by atoms with Crippen LogP contribution in [0.3, 0.4) is 0 Å². The van der Waals surface area contributed by atoms with E-state index in [0.717, 1.165) is 27.8 Å². The number of ether oxygens (including phenoxy) is 1. The average Bonchev–Trinajstić information content (AvgIpc) is 3.28. The second-order valence-electron chi connectivity index (χ2n) is 12.9. The minimum absolute atomic E-state index is 0.0252. The van der Waals surface area contributed by atoms with E-state index < -0.39 is 53.4 Å². The fraction of sp³-hybridized carbons (Fsp3) is 0.559. The van der Waals surface area contributed by atoms with Crippen LogP contribution in [0, 0.1) is 17.3 Å². The number of halogens is 5. The van der Waals surface area contributed by atoms with Gasteiger partial charge in [0.1, 0.15) is 12.1 Å². The van der Waals surface area contributed by atoms with Crippen molar-refractivity contribution < 1.29 is 46.2 Å². The molecule has 0 bridgehead atoms. The van der Waals surface area contributed by atoms with Crippen LogP contribution in [0.1, 0.15) is 75.8 Å². The van der Waals surface area contributed by atoms with Crippen LogP contribution in [-0.4, -0.2) is 60.3 Å². The topological polar surface area (TPSA) is 105 Å². The zero-order chi connectivity index (χ0) is 33.5. The van der Waals surface area contributed by atoms with Gasteiger partial charge in [0.25, 0.3) is 0 Å². The first-order chi connectivity index (χ1) is 21.6. The molecule has 4 aliphatic rings. The van der Waals surface area contributed by atoms with Crippen molar-refractivity contribution in [2.24, 2.45) is 17.3 Å². The lowest BCUT2D eigenvalue weighted by Gasteiger charge is -2.56. The Morgan fingerprint density at radius 2 is 1.78 bits per heavy atom. The van der Waals surface area contributed by atoms with E-state index in [-0.39, 0.29) is 44.2 Å². The minimum Gasteiger partial charge on any atom is -0.465 e. The van der Waals surface area contributed by atoms with Crippen LogP contribution >= 0.6 is 0 Å². The number of carbonyl (C=O) groups excluding carboxylic acids is 3. The van der Waals surface area contributed by atoms with Crippen molar-refractivity contribution in [3.8, 4) is 0 Å². The third kappa shape index (κ3) is 5.89. The van der Waals surface area contributed by atoms with E-state index in [0.29, 0.717) is 25.7 Å². The van der Waals surface area contributed by atoms with Gasteiger partial charge in [0.05, 0.1) is 6.61 Å². The third-order valence-electron chi connectivity index (χ3n) is 10.5. The number of nitrogens with one attached hydrogen (secondary N) is 2. The number of aliphatic hydroxyl groups is 1. The molecular formula is C34H39F5N2O5. The van der Waals surface area contributed by atoms with Gasteiger partial charge < -0.3 is 20.5 Å². The number of carbonyl (C=O) groups is 3. The first-order valence-electron chi connectivity index (χ1n) is 15.7. The van der Waals surface area contributed by atoms with Gasteiger partial charge in [-0.3, -0.25) is 9.59 Å². The number of urea groups is 1. The van der Waals surface area contributed by atoms with E-state index in [1.54, 1.807) is 37.3 Å². The van der Waals surface area contributed by atoms with E-state index in [4.69, 9.17) is 4.74 Å². The summed E-state index contributed by atoms with van der Waals surface area (Å²) in [5, 5.41) is 16.4. The zero-order valence-electron chi connectivity index (χ0n) is 25.8. The number of rotatable bonds is 8. The number of hydrogen-bond donors (Lipinski definition) is 3. The van der Waals surface area contributed by atoms with Crippen molar-refractivity contribution in [2.75, 3.05) is 19.7 Å². The number of hydrogen-bond acceptors (Lipinski definition) is 5. The van der Waals surface area contributed by atoms with Gasteiger partial charge in [-0.05, 0) is 85.6 Å². The quantitative estimate of drug-likeness (QED) is 0.224. The van der Waals surface area contributed by atoms with Crippen molar-refractivity contribution in [2.45, 2.75) is 82.4 Å². The lowest BCUT2D eigenvalue weighted by atomic mass is 9.50. The van der Waals surface area contributed by atoms with Gasteiger partial charge >= 0.3 is 24.1 Å². The number of ketones is 1. The summed E-state index contributed by atoms with van der Waals surface area (Å²) in [6.07, 6.45) is 0.405. The molecule has 7 nitrogen and oxygen atoms in total. The lowest BCUT2D eigenvalue weighted by molar-refractivity contribution is -0.362. The predicted molar refractivity (Wildman–Crippen MR) is 160 cm³/mol. The van der Waals surface area contributed by atoms with Gasteiger partial charge in [-0.1, -0.05) is 48.9 Å². The van der Waals surface area contributed by atoms with Gasteiger partial charge in [0.2, 0.25) is 0 Å². The molecule has 2 fully saturated rings. The van der Waals surface area contributed by atoms with E-state index in [1.807, 2.05) is 12.1 Å². The Balaban J connectivity index is 1.41. The summed E-state index contributed by atoms with van der Waals surface area (Å²) in [4.78, 5) is 35.5. The summed E-state index contributed by atoms with van der Waals surface area (Å²) < 4.78 is 76.4. The molecule has 46 heavy (non-hydrogen) atoms. The highest BCUT2D eigenvalue weighted by Gasteiger charge is 2.79. The molecule has 1 aromatic carbocycles. The number of esters is 1. The smallest absolute Gasteiger partial charge is 0.456 e. The summed E-state index contributed by atoms with van der Waals surface area (Å²) in [6.45, 7) is 3.17. The highest BCUT2D eigenvalue weighted by Crippen LogP contribution is 2.70. The number of benzene rings is 1. The number of amides is 2. The molecule has 5 rings (SSSR count). The van der Waals surface area contributed by atoms with E-state index in [2.05, 4.69) is 10.6 Å². The van der Waals surface area contributed by atoms with Gasteiger partial charge in [-0.25, -0.2) is 4.79 Å². The van der Waals surface area contributed by atoms with Gasteiger partial charge in [-0.2, -0.15) is 22.0 Å². The Bertz CT molecular complexity index is 1470. The molecule has 2 saturated carbocycles. The predicted octanol–water partition coefficient (Wildman–Crippen LogP) is 6.39. The molecular weight excluding hydrogens is 611 g/mol. The first-order valence-corrected chi connectivity index (χ1v) is 15.7. The highest BCUT2D eigenvalue weighted by molar-refractivity contribution is 5.93. The van der Waals surface area contributed by atoms with Crippen LogP contribution < -0.4 is 10.6 Å².